The number of piperazine rings is 1. The lowest BCUT2D eigenvalue weighted by atomic mass is 10.1. The van der Waals surface area contributed by atoms with Gasteiger partial charge in [-0.05, 0) is 52.6 Å². The summed E-state index contributed by atoms with van der Waals surface area (Å²) >= 11 is 0. The standard InChI is InChI=1S/C14H26N2O/c1-12-10-16-9-5-7-14(16)11-15(12)8-4-3-6-13(2)17/h12,14H,3-11H2,1-2H3. The number of ketones is 1. The summed E-state index contributed by atoms with van der Waals surface area (Å²) in [7, 11) is 0. The van der Waals surface area contributed by atoms with E-state index in [0.29, 0.717) is 11.8 Å². The zero-order chi connectivity index (χ0) is 12.3. The molecule has 0 N–H and O–H groups in total. The Labute approximate surface area is 105 Å². The molecule has 2 rings (SSSR count). The van der Waals surface area contributed by atoms with E-state index >= 15 is 0 Å². The summed E-state index contributed by atoms with van der Waals surface area (Å²) in [5, 5.41) is 0. The van der Waals surface area contributed by atoms with Gasteiger partial charge in [0.25, 0.3) is 0 Å². The minimum atomic E-state index is 0.332. The number of carbonyl (C=O) groups excluding carboxylic acids is 1. The van der Waals surface area contributed by atoms with Crippen LogP contribution in [0.4, 0.5) is 0 Å². The van der Waals surface area contributed by atoms with Crippen LogP contribution in [0, 0.1) is 0 Å². The van der Waals surface area contributed by atoms with Crippen LogP contribution >= 0.6 is 0 Å². The molecular weight excluding hydrogens is 212 g/mol. The van der Waals surface area contributed by atoms with E-state index in [1.165, 1.54) is 45.4 Å². The van der Waals surface area contributed by atoms with E-state index in [2.05, 4.69) is 16.7 Å². The Balaban J connectivity index is 1.71. The molecule has 0 spiro atoms. The normalized spacial score (nSPS) is 30.5. The van der Waals surface area contributed by atoms with Gasteiger partial charge in [-0.3, -0.25) is 9.80 Å². The Morgan fingerprint density at radius 3 is 2.88 bits per heavy atom. The SMILES string of the molecule is CC(=O)CCCCN1CC2CCCN2CC1C. The third-order valence-electron chi connectivity index (χ3n) is 4.29. The molecule has 17 heavy (non-hydrogen) atoms. The topological polar surface area (TPSA) is 23.6 Å². The van der Waals surface area contributed by atoms with Crippen LogP contribution in [-0.4, -0.2) is 53.8 Å². The molecule has 2 saturated heterocycles. The first kappa shape index (κ1) is 13.0. The van der Waals surface area contributed by atoms with Crippen LogP contribution in [0.5, 0.6) is 0 Å². The van der Waals surface area contributed by atoms with Crippen LogP contribution < -0.4 is 0 Å². The highest BCUT2D eigenvalue weighted by Gasteiger charge is 2.33. The Kier molecular flexibility index (Phi) is 4.57. The molecule has 2 aliphatic heterocycles. The van der Waals surface area contributed by atoms with Crippen LogP contribution in [0.2, 0.25) is 0 Å². The van der Waals surface area contributed by atoms with Crippen LogP contribution in [-0.2, 0) is 4.79 Å². The van der Waals surface area contributed by atoms with E-state index in [9.17, 15) is 4.79 Å². The van der Waals surface area contributed by atoms with Gasteiger partial charge in [-0.15, -0.1) is 0 Å². The summed E-state index contributed by atoms with van der Waals surface area (Å²) in [6.07, 6.45) is 5.77. The average molecular weight is 238 g/mol. The fourth-order valence-electron chi connectivity index (χ4n) is 3.25. The highest BCUT2D eigenvalue weighted by Crippen LogP contribution is 2.24. The fraction of sp³-hybridized carbons (Fsp3) is 0.929. The zero-order valence-corrected chi connectivity index (χ0v) is 11.3. The van der Waals surface area contributed by atoms with E-state index in [1.54, 1.807) is 6.92 Å². The number of unbranched alkanes of at least 4 members (excludes halogenated alkanes) is 1. The molecule has 98 valence electrons. The van der Waals surface area contributed by atoms with Gasteiger partial charge < -0.3 is 4.79 Å². The third kappa shape index (κ3) is 3.52. The van der Waals surface area contributed by atoms with Gasteiger partial charge in [-0.1, -0.05) is 0 Å². The van der Waals surface area contributed by atoms with Crippen molar-refractivity contribution < 1.29 is 4.79 Å². The Morgan fingerprint density at radius 2 is 2.12 bits per heavy atom. The number of fused-ring (bicyclic) bond motifs is 1. The number of hydrogen-bond acceptors (Lipinski definition) is 3. The van der Waals surface area contributed by atoms with Gasteiger partial charge in [0, 0.05) is 31.6 Å². The van der Waals surface area contributed by atoms with Crippen molar-refractivity contribution in [3.05, 3.63) is 0 Å². The number of hydrogen-bond donors (Lipinski definition) is 0. The van der Waals surface area contributed by atoms with E-state index in [1.807, 2.05) is 0 Å². The Bertz CT molecular complexity index is 267. The lowest BCUT2D eigenvalue weighted by molar-refractivity contribution is -0.117. The molecule has 2 fully saturated rings. The number of rotatable bonds is 5. The second-order valence-corrected chi connectivity index (χ2v) is 5.79. The van der Waals surface area contributed by atoms with Gasteiger partial charge in [0.15, 0.2) is 0 Å². The van der Waals surface area contributed by atoms with E-state index < -0.39 is 0 Å². The van der Waals surface area contributed by atoms with E-state index in [-0.39, 0.29) is 0 Å². The van der Waals surface area contributed by atoms with Gasteiger partial charge in [0.1, 0.15) is 5.78 Å². The van der Waals surface area contributed by atoms with Crippen molar-refractivity contribution in [1.29, 1.82) is 0 Å². The van der Waals surface area contributed by atoms with Gasteiger partial charge >= 0.3 is 0 Å². The zero-order valence-electron chi connectivity index (χ0n) is 11.3. The maximum atomic E-state index is 10.9. The third-order valence-corrected chi connectivity index (χ3v) is 4.29. The second-order valence-electron chi connectivity index (χ2n) is 5.79. The quantitative estimate of drug-likeness (QED) is 0.684. The molecule has 2 atom stereocenters. The predicted molar refractivity (Wildman–Crippen MR) is 70.2 cm³/mol. The summed E-state index contributed by atoms with van der Waals surface area (Å²) in [5.41, 5.74) is 0. The van der Waals surface area contributed by atoms with Crippen LogP contribution in [0.25, 0.3) is 0 Å². The molecule has 0 aromatic rings. The van der Waals surface area contributed by atoms with Crippen molar-refractivity contribution in [2.75, 3.05) is 26.2 Å². The molecule has 0 bridgehead atoms. The van der Waals surface area contributed by atoms with Crippen LogP contribution in [0.15, 0.2) is 0 Å². The molecule has 0 aromatic heterocycles. The monoisotopic (exact) mass is 238 g/mol. The first-order valence-electron chi connectivity index (χ1n) is 7.14. The molecule has 0 radical (unpaired) electrons. The lowest BCUT2D eigenvalue weighted by Crippen LogP contribution is -2.54. The maximum Gasteiger partial charge on any atom is 0.129 e. The first-order chi connectivity index (χ1) is 8.16. The molecule has 2 unspecified atom stereocenters. The van der Waals surface area contributed by atoms with Crippen molar-refractivity contribution in [1.82, 2.24) is 9.80 Å². The molecule has 2 heterocycles. The summed E-state index contributed by atoms with van der Waals surface area (Å²) in [4.78, 5) is 16.2. The van der Waals surface area contributed by atoms with Gasteiger partial charge in [0.2, 0.25) is 0 Å². The second kappa shape index (κ2) is 5.96. The minimum Gasteiger partial charge on any atom is -0.300 e. The molecule has 3 heteroatoms. The molecular formula is C14H26N2O. The van der Waals surface area contributed by atoms with Crippen LogP contribution in [0.1, 0.15) is 46.0 Å². The summed E-state index contributed by atoms with van der Waals surface area (Å²) in [6, 6.07) is 1.51. The first-order valence-corrected chi connectivity index (χ1v) is 7.14. The highest BCUT2D eigenvalue weighted by molar-refractivity contribution is 5.75. The Morgan fingerprint density at radius 1 is 1.29 bits per heavy atom. The Hall–Kier alpha value is -0.410. The van der Waals surface area contributed by atoms with Crippen molar-refractivity contribution in [3.63, 3.8) is 0 Å². The minimum absolute atomic E-state index is 0.332. The molecule has 0 saturated carbocycles. The van der Waals surface area contributed by atoms with Crippen molar-refractivity contribution >= 4 is 5.78 Å². The smallest absolute Gasteiger partial charge is 0.129 e. The number of Topliss-reactive ketones (excluding diaryl/α,β-unsaturated/α-hetero) is 1. The average Bonchev–Trinajstić information content (AvgIpc) is 2.71. The number of carbonyl (C=O) groups is 1. The van der Waals surface area contributed by atoms with Crippen LogP contribution in [0.3, 0.4) is 0 Å². The predicted octanol–water partition coefficient (Wildman–Crippen LogP) is 1.91. The molecule has 3 nitrogen and oxygen atoms in total. The van der Waals surface area contributed by atoms with Gasteiger partial charge in [0.05, 0.1) is 0 Å². The van der Waals surface area contributed by atoms with Crippen molar-refractivity contribution in [2.24, 2.45) is 0 Å². The van der Waals surface area contributed by atoms with Gasteiger partial charge in [-0.25, -0.2) is 0 Å². The van der Waals surface area contributed by atoms with Crippen molar-refractivity contribution in [2.45, 2.75) is 58.0 Å². The van der Waals surface area contributed by atoms with Gasteiger partial charge in [-0.2, -0.15) is 0 Å². The highest BCUT2D eigenvalue weighted by atomic mass is 16.1. The van der Waals surface area contributed by atoms with E-state index in [0.717, 1.165) is 18.9 Å². The fourth-order valence-corrected chi connectivity index (χ4v) is 3.25. The molecule has 0 aliphatic carbocycles. The molecule has 2 aliphatic rings. The number of nitrogens with zero attached hydrogens (tertiary/aromatic N) is 2. The largest absolute Gasteiger partial charge is 0.300 e. The summed E-state index contributed by atoms with van der Waals surface area (Å²) in [5.74, 6) is 0.332. The molecule has 0 amide bonds. The summed E-state index contributed by atoms with van der Waals surface area (Å²) < 4.78 is 0. The molecule has 0 aromatic carbocycles. The van der Waals surface area contributed by atoms with E-state index in [4.69, 9.17) is 0 Å². The maximum absolute atomic E-state index is 10.9. The lowest BCUT2D eigenvalue weighted by Gasteiger charge is -2.42. The summed E-state index contributed by atoms with van der Waals surface area (Å²) in [6.45, 7) is 9.03. The van der Waals surface area contributed by atoms with Crippen molar-refractivity contribution in [3.8, 4) is 0 Å².